The maximum Gasteiger partial charge on any atom is 0.343 e. The molecule has 0 unspecified atom stereocenters. The predicted molar refractivity (Wildman–Crippen MR) is 134 cm³/mol. The Bertz CT molecular complexity index is 1220. The minimum absolute atomic E-state index is 0.241. The number of allylic oxidation sites excluding steroid dienone is 2. The van der Waals surface area contributed by atoms with Crippen LogP contribution in [0.5, 0.6) is 5.75 Å². The van der Waals surface area contributed by atoms with Gasteiger partial charge in [0.15, 0.2) is 6.61 Å². The first-order chi connectivity index (χ1) is 17.2. The van der Waals surface area contributed by atoms with Gasteiger partial charge in [-0.15, -0.1) is 0 Å². The minimum Gasteiger partial charge on any atom is -0.480 e. The van der Waals surface area contributed by atoms with Gasteiger partial charge in [-0.1, -0.05) is 6.07 Å². The predicted octanol–water partition coefficient (Wildman–Crippen LogP) is 2.82. The summed E-state index contributed by atoms with van der Waals surface area (Å²) >= 11 is 0. The average Bonchev–Trinajstić information content (AvgIpc) is 3.50. The lowest BCUT2D eigenvalue weighted by Crippen LogP contribution is -2.36. The summed E-state index contributed by atoms with van der Waals surface area (Å²) in [6.45, 7) is 3.01. The third-order valence-corrected chi connectivity index (χ3v) is 5.39. The molecule has 0 atom stereocenters. The molecule has 0 aliphatic carbocycles. The maximum atomic E-state index is 12.1. The highest BCUT2D eigenvalue weighted by Crippen LogP contribution is 2.36. The zero-order valence-electron chi connectivity index (χ0n) is 20.9. The Morgan fingerprint density at radius 2 is 1.56 bits per heavy atom. The average molecular weight is 496 g/mol. The van der Waals surface area contributed by atoms with Crippen LogP contribution in [0.25, 0.3) is 5.57 Å². The Morgan fingerprint density at radius 1 is 0.889 bits per heavy atom. The van der Waals surface area contributed by atoms with Crippen LogP contribution in [0.15, 0.2) is 53.2 Å². The topological polar surface area (TPSA) is 120 Å². The fourth-order valence-electron chi connectivity index (χ4n) is 3.60. The van der Waals surface area contributed by atoms with E-state index in [1.54, 1.807) is 12.1 Å². The number of carbonyl (C=O) groups excluding carboxylic acids is 3. The smallest absolute Gasteiger partial charge is 0.343 e. The van der Waals surface area contributed by atoms with Crippen molar-refractivity contribution in [3.8, 4) is 5.75 Å². The van der Waals surface area contributed by atoms with Gasteiger partial charge in [0.05, 0.1) is 32.7 Å². The van der Waals surface area contributed by atoms with Crippen LogP contribution in [0.2, 0.25) is 0 Å². The SMILES string of the molecule is COC(=O)COc1cc(/C(=C2/C=CC(C)=N2)c2ccc(C)[nH]2)ccc1N(CC(=O)OC)CC(=O)OC. The van der Waals surface area contributed by atoms with Gasteiger partial charge in [0.25, 0.3) is 0 Å². The zero-order valence-corrected chi connectivity index (χ0v) is 20.9. The third-order valence-electron chi connectivity index (χ3n) is 5.39. The van der Waals surface area contributed by atoms with Gasteiger partial charge in [0.1, 0.15) is 18.8 Å². The number of aromatic nitrogens is 1. The van der Waals surface area contributed by atoms with Crippen molar-refractivity contribution in [2.75, 3.05) is 45.9 Å². The summed E-state index contributed by atoms with van der Waals surface area (Å²) in [5.74, 6) is -1.45. The van der Waals surface area contributed by atoms with E-state index in [4.69, 9.17) is 18.9 Å². The lowest BCUT2D eigenvalue weighted by molar-refractivity contribution is -0.143. The summed E-state index contributed by atoms with van der Waals surface area (Å²) in [4.78, 5) is 45.5. The van der Waals surface area contributed by atoms with Gasteiger partial charge >= 0.3 is 17.9 Å². The van der Waals surface area contributed by atoms with Crippen molar-refractivity contribution in [1.82, 2.24) is 4.98 Å². The number of esters is 3. The van der Waals surface area contributed by atoms with E-state index in [1.165, 1.54) is 26.2 Å². The first kappa shape index (κ1) is 26.3. The molecule has 0 amide bonds. The molecular weight excluding hydrogens is 466 g/mol. The van der Waals surface area contributed by atoms with Gasteiger partial charge < -0.3 is 28.8 Å². The number of ether oxygens (including phenoxy) is 4. The molecule has 10 heteroatoms. The molecule has 0 saturated heterocycles. The van der Waals surface area contributed by atoms with Gasteiger partial charge in [-0.3, -0.25) is 14.6 Å². The summed E-state index contributed by atoms with van der Waals surface area (Å²) in [5, 5.41) is 0. The summed E-state index contributed by atoms with van der Waals surface area (Å²) in [5.41, 5.74) is 5.40. The molecule has 0 fully saturated rings. The lowest BCUT2D eigenvalue weighted by atomic mass is 9.99. The molecule has 1 aliphatic rings. The largest absolute Gasteiger partial charge is 0.480 e. The monoisotopic (exact) mass is 495 g/mol. The number of hydrogen-bond donors (Lipinski definition) is 1. The number of rotatable bonds is 10. The highest BCUT2D eigenvalue weighted by Gasteiger charge is 2.23. The number of H-pyrrole nitrogens is 1. The Morgan fingerprint density at radius 3 is 2.08 bits per heavy atom. The number of nitrogens with zero attached hydrogens (tertiary/aromatic N) is 2. The molecule has 1 N–H and O–H groups in total. The molecule has 10 nitrogen and oxygen atoms in total. The van der Waals surface area contributed by atoms with Crippen LogP contribution >= 0.6 is 0 Å². The van der Waals surface area contributed by atoms with Crippen molar-refractivity contribution in [1.29, 1.82) is 0 Å². The van der Waals surface area contributed by atoms with Crippen molar-refractivity contribution in [3.63, 3.8) is 0 Å². The Kier molecular flexibility index (Phi) is 8.66. The number of benzene rings is 1. The van der Waals surface area contributed by atoms with Crippen LogP contribution in [-0.2, 0) is 28.6 Å². The number of hydrogen-bond acceptors (Lipinski definition) is 9. The highest BCUT2D eigenvalue weighted by molar-refractivity contribution is 5.99. The van der Waals surface area contributed by atoms with Gasteiger partial charge in [-0.05, 0) is 55.8 Å². The number of anilines is 1. The first-order valence-electron chi connectivity index (χ1n) is 11.1. The highest BCUT2D eigenvalue weighted by atomic mass is 16.6. The van der Waals surface area contributed by atoms with Crippen LogP contribution in [-0.4, -0.2) is 69.6 Å². The second-order valence-corrected chi connectivity index (χ2v) is 7.96. The van der Waals surface area contributed by atoms with E-state index in [1.807, 2.05) is 44.2 Å². The van der Waals surface area contributed by atoms with Crippen LogP contribution in [0, 0.1) is 6.92 Å². The summed E-state index contributed by atoms with van der Waals surface area (Å²) in [6.07, 6.45) is 3.84. The molecule has 1 aromatic carbocycles. The fourth-order valence-corrected chi connectivity index (χ4v) is 3.60. The summed E-state index contributed by atoms with van der Waals surface area (Å²) in [6, 6.07) is 9.19. The first-order valence-corrected chi connectivity index (χ1v) is 11.1. The normalized spacial score (nSPS) is 13.6. The third kappa shape index (κ3) is 6.41. The van der Waals surface area contributed by atoms with Gasteiger partial charge in [-0.25, -0.2) is 4.79 Å². The van der Waals surface area contributed by atoms with Crippen molar-refractivity contribution in [2.24, 2.45) is 4.99 Å². The van der Waals surface area contributed by atoms with E-state index >= 15 is 0 Å². The van der Waals surface area contributed by atoms with Crippen LogP contribution in [0.4, 0.5) is 5.69 Å². The molecule has 2 heterocycles. The quantitative estimate of drug-likeness (QED) is 0.395. The standard InChI is InChI=1S/C26H29N3O7/c1-16-6-9-19(27-16)26(20-10-7-17(2)28-20)18-8-11-21(22(12-18)36-15-25(32)35-5)29(13-23(30)33-3)14-24(31)34-4/h6-12,27H,13-15H2,1-5H3/b26-20+. The Hall–Kier alpha value is -4.34. The molecule has 1 aliphatic heterocycles. The molecule has 3 rings (SSSR count). The molecule has 0 bridgehead atoms. The Labute approximate surface area is 209 Å². The molecule has 36 heavy (non-hydrogen) atoms. The molecule has 0 spiro atoms. The fraction of sp³-hybridized carbons (Fsp3) is 0.308. The number of carbonyl (C=O) groups is 3. The molecule has 0 saturated carbocycles. The molecule has 190 valence electrons. The van der Waals surface area contributed by atoms with E-state index in [0.29, 0.717) is 5.69 Å². The summed E-state index contributed by atoms with van der Waals surface area (Å²) < 4.78 is 20.1. The number of nitrogens with one attached hydrogen (secondary N) is 1. The van der Waals surface area contributed by atoms with Gasteiger partial charge in [-0.2, -0.15) is 0 Å². The van der Waals surface area contributed by atoms with Gasteiger partial charge in [0.2, 0.25) is 0 Å². The lowest BCUT2D eigenvalue weighted by Gasteiger charge is -2.25. The molecule has 0 radical (unpaired) electrons. The number of methoxy groups -OCH3 is 3. The molecule has 2 aromatic rings. The van der Waals surface area contributed by atoms with E-state index in [2.05, 4.69) is 9.98 Å². The van der Waals surface area contributed by atoms with Crippen molar-refractivity contribution < 1.29 is 33.3 Å². The van der Waals surface area contributed by atoms with E-state index in [-0.39, 0.29) is 25.4 Å². The number of aliphatic imine (C=N–C) groups is 1. The van der Waals surface area contributed by atoms with Gasteiger partial charge in [0, 0.05) is 22.7 Å². The maximum absolute atomic E-state index is 12.1. The Balaban J connectivity index is 2.15. The van der Waals surface area contributed by atoms with Crippen LogP contribution in [0.3, 0.4) is 0 Å². The van der Waals surface area contributed by atoms with Crippen LogP contribution in [0.1, 0.15) is 23.9 Å². The molecule has 1 aromatic heterocycles. The summed E-state index contributed by atoms with van der Waals surface area (Å²) in [7, 11) is 3.77. The van der Waals surface area contributed by atoms with Crippen molar-refractivity contribution >= 4 is 34.9 Å². The number of aromatic amines is 1. The zero-order chi connectivity index (χ0) is 26.2. The second kappa shape index (κ2) is 11.9. The number of aryl methyl sites for hydroxylation is 1. The van der Waals surface area contributed by atoms with E-state index in [0.717, 1.165) is 33.9 Å². The van der Waals surface area contributed by atoms with Crippen LogP contribution < -0.4 is 9.64 Å². The molecular formula is C26H29N3O7. The second-order valence-electron chi connectivity index (χ2n) is 7.96. The van der Waals surface area contributed by atoms with E-state index < -0.39 is 17.9 Å². The van der Waals surface area contributed by atoms with Crippen molar-refractivity contribution in [3.05, 3.63) is 65.1 Å². The van der Waals surface area contributed by atoms with E-state index in [9.17, 15) is 14.4 Å². The van der Waals surface area contributed by atoms with Crippen molar-refractivity contribution in [2.45, 2.75) is 13.8 Å². The minimum atomic E-state index is -0.587.